The molecule has 0 aliphatic heterocycles. The molecule has 1 aliphatic rings. The molecule has 0 atom stereocenters. The molecule has 0 unspecified atom stereocenters. The van der Waals surface area contributed by atoms with Crippen molar-refractivity contribution >= 4 is 39.1 Å². The summed E-state index contributed by atoms with van der Waals surface area (Å²) >= 11 is 1.27. The van der Waals surface area contributed by atoms with Crippen molar-refractivity contribution in [2.75, 3.05) is 11.9 Å². The van der Waals surface area contributed by atoms with Gasteiger partial charge in [0.2, 0.25) is 5.91 Å². The number of amides is 1. The number of nitrogens with one attached hydrogen (secondary N) is 2. The lowest BCUT2D eigenvalue weighted by atomic mass is 10.0. The highest BCUT2D eigenvalue weighted by Crippen LogP contribution is 2.31. The van der Waals surface area contributed by atoms with Gasteiger partial charge in [0.15, 0.2) is 10.9 Å². The lowest BCUT2D eigenvalue weighted by Gasteiger charge is -2.07. The number of aromatic nitrogens is 2. The van der Waals surface area contributed by atoms with Crippen molar-refractivity contribution in [2.24, 2.45) is 0 Å². The molecule has 6 nitrogen and oxygen atoms in total. The van der Waals surface area contributed by atoms with Crippen LogP contribution in [0.25, 0.3) is 10.9 Å². The van der Waals surface area contributed by atoms with Gasteiger partial charge >= 0.3 is 0 Å². The minimum absolute atomic E-state index is 0.127. The van der Waals surface area contributed by atoms with Crippen LogP contribution in [-0.4, -0.2) is 28.3 Å². The number of benzene rings is 1. The van der Waals surface area contributed by atoms with Gasteiger partial charge in [-0.05, 0) is 37.5 Å². The van der Waals surface area contributed by atoms with Gasteiger partial charge in [0.25, 0.3) is 0 Å². The van der Waals surface area contributed by atoms with E-state index in [1.165, 1.54) is 11.3 Å². The first-order valence-corrected chi connectivity index (χ1v) is 9.52. The molecule has 7 heteroatoms. The van der Waals surface area contributed by atoms with Crippen molar-refractivity contribution in [3.63, 3.8) is 0 Å². The summed E-state index contributed by atoms with van der Waals surface area (Å²) in [6, 6.07) is 5.78. The number of ether oxygens (including phenoxy) is 1. The maximum atomic E-state index is 12.5. The lowest BCUT2D eigenvalue weighted by molar-refractivity contribution is -0.115. The van der Waals surface area contributed by atoms with Crippen molar-refractivity contribution in [3.8, 4) is 5.75 Å². The van der Waals surface area contributed by atoms with Gasteiger partial charge in [-0.15, -0.1) is 0 Å². The average molecular weight is 369 g/mol. The molecular formula is C19H19N3O3S. The van der Waals surface area contributed by atoms with Crippen molar-refractivity contribution < 1.29 is 14.3 Å². The van der Waals surface area contributed by atoms with Gasteiger partial charge in [0.05, 0.1) is 23.6 Å². The van der Waals surface area contributed by atoms with Crippen molar-refractivity contribution in [2.45, 2.75) is 32.6 Å². The Morgan fingerprint density at radius 1 is 1.38 bits per heavy atom. The summed E-state index contributed by atoms with van der Waals surface area (Å²) in [6.45, 7) is 2.50. The maximum absolute atomic E-state index is 12.5. The maximum Gasteiger partial charge on any atom is 0.230 e. The van der Waals surface area contributed by atoms with Crippen LogP contribution in [0.5, 0.6) is 5.75 Å². The topological polar surface area (TPSA) is 84.1 Å². The first-order valence-electron chi connectivity index (χ1n) is 8.70. The highest BCUT2D eigenvalue weighted by atomic mass is 32.1. The minimum atomic E-state index is -0.157. The lowest BCUT2D eigenvalue weighted by Crippen LogP contribution is -2.14. The highest BCUT2D eigenvalue weighted by molar-refractivity contribution is 7.17. The molecule has 2 heterocycles. The molecule has 0 saturated heterocycles. The Morgan fingerprint density at radius 3 is 3.08 bits per heavy atom. The fourth-order valence-electron chi connectivity index (χ4n) is 3.29. The third kappa shape index (κ3) is 3.10. The first kappa shape index (κ1) is 16.8. The Morgan fingerprint density at radius 2 is 2.27 bits per heavy atom. The fraction of sp³-hybridized carbons (Fsp3) is 0.316. The van der Waals surface area contributed by atoms with Crippen LogP contribution in [0.3, 0.4) is 0 Å². The second-order valence-corrected chi connectivity index (χ2v) is 7.22. The smallest absolute Gasteiger partial charge is 0.230 e. The first-order chi connectivity index (χ1) is 12.7. The third-order valence-corrected chi connectivity index (χ3v) is 5.47. The molecule has 1 aromatic carbocycles. The normalized spacial score (nSPS) is 13.7. The summed E-state index contributed by atoms with van der Waals surface area (Å²) in [5, 5.41) is 4.26. The van der Waals surface area contributed by atoms with Crippen molar-refractivity contribution in [3.05, 3.63) is 40.5 Å². The van der Waals surface area contributed by atoms with Crippen LogP contribution in [0.4, 0.5) is 5.13 Å². The van der Waals surface area contributed by atoms with E-state index in [9.17, 15) is 9.59 Å². The van der Waals surface area contributed by atoms with Crippen LogP contribution in [-0.2, 0) is 17.6 Å². The Balaban J connectivity index is 1.54. The predicted molar refractivity (Wildman–Crippen MR) is 101 cm³/mol. The van der Waals surface area contributed by atoms with E-state index in [-0.39, 0.29) is 18.1 Å². The molecule has 0 bridgehead atoms. The van der Waals surface area contributed by atoms with E-state index in [0.717, 1.165) is 40.8 Å². The number of hydrogen-bond acceptors (Lipinski definition) is 5. The average Bonchev–Trinajstić information content (AvgIpc) is 3.21. The van der Waals surface area contributed by atoms with Crippen molar-refractivity contribution in [1.29, 1.82) is 0 Å². The standard InChI is InChI=1S/C19H19N3O3S/c1-2-25-15-8-4-5-12-17(15)11(10-20-12)9-16(24)22-19-21-13-6-3-7-14(23)18(13)26-19/h4-5,8,10,20H,2-3,6-7,9H2,1H3,(H,21,22,24). The van der Waals surface area contributed by atoms with Gasteiger partial charge in [-0.3, -0.25) is 9.59 Å². The number of nitrogens with zero attached hydrogens (tertiary/aromatic N) is 1. The van der Waals surface area contributed by atoms with E-state index in [2.05, 4.69) is 15.3 Å². The van der Waals surface area contributed by atoms with E-state index in [4.69, 9.17) is 4.74 Å². The number of ketones is 1. The molecule has 4 rings (SSSR count). The number of H-pyrrole nitrogens is 1. The van der Waals surface area contributed by atoms with Crippen LogP contribution in [0.15, 0.2) is 24.4 Å². The van der Waals surface area contributed by atoms with E-state index < -0.39 is 0 Å². The molecule has 0 saturated carbocycles. The number of aryl methyl sites for hydroxylation is 1. The quantitative estimate of drug-likeness (QED) is 0.718. The van der Waals surface area contributed by atoms with Gasteiger partial charge in [0.1, 0.15) is 5.75 Å². The molecule has 1 amide bonds. The van der Waals surface area contributed by atoms with Gasteiger partial charge in [0, 0.05) is 23.5 Å². The van der Waals surface area contributed by atoms with Gasteiger partial charge in [-0.2, -0.15) is 0 Å². The van der Waals surface area contributed by atoms with E-state index in [1.807, 2.05) is 31.3 Å². The monoisotopic (exact) mass is 369 g/mol. The molecule has 134 valence electrons. The number of rotatable bonds is 5. The number of fused-ring (bicyclic) bond motifs is 2. The van der Waals surface area contributed by atoms with Crippen LogP contribution >= 0.6 is 11.3 Å². The Labute approximate surface area is 154 Å². The summed E-state index contributed by atoms with van der Waals surface area (Å²) in [6.07, 6.45) is 4.25. The third-order valence-electron chi connectivity index (χ3n) is 4.41. The molecule has 1 aliphatic carbocycles. The zero-order chi connectivity index (χ0) is 18.1. The highest BCUT2D eigenvalue weighted by Gasteiger charge is 2.23. The SMILES string of the molecule is CCOc1cccc2[nH]cc(CC(=O)Nc3nc4c(s3)C(=O)CCC4)c12. The number of thiazole rings is 1. The van der Waals surface area contributed by atoms with Gasteiger partial charge in [-0.25, -0.2) is 4.98 Å². The second-order valence-electron chi connectivity index (χ2n) is 6.22. The molecule has 3 aromatic rings. The molecule has 26 heavy (non-hydrogen) atoms. The zero-order valence-corrected chi connectivity index (χ0v) is 15.2. The number of Topliss-reactive ketones (excluding diaryl/α,β-unsaturated/α-hetero) is 1. The molecular weight excluding hydrogens is 350 g/mol. The summed E-state index contributed by atoms with van der Waals surface area (Å²) < 4.78 is 5.69. The summed E-state index contributed by atoms with van der Waals surface area (Å²) in [5.41, 5.74) is 2.63. The zero-order valence-electron chi connectivity index (χ0n) is 14.4. The largest absolute Gasteiger partial charge is 0.493 e. The van der Waals surface area contributed by atoms with E-state index in [1.54, 1.807) is 0 Å². The Hall–Kier alpha value is -2.67. The molecule has 0 radical (unpaired) electrons. The van der Waals surface area contributed by atoms with Crippen molar-refractivity contribution in [1.82, 2.24) is 9.97 Å². The van der Waals surface area contributed by atoms with Crippen LogP contribution in [0, 0.1) is 0 Å². The van der Waals surface area contributed by atoms with E-state index in [0.29, 0.717) is 23.0 Å². The van der Waals surface area contributed by atoms with Crippen LogP contribution in [0.1, 0.15) is 40.7 Å². The Bertz CT molecular complexity index is 989. The molecule has 2 aromatic heterocycles. The number of carbonyl (C=O) groups excluding carboxylic acids is 2. The van der Waals surface area contributed by atoms with Crippen LogP contribution in [0.2, 0.25) is 0 Å². The van der Waals surface area contributed by atoms with Crippen LogP contribution < -0.4 is 10.1 Å². The second kappa shape index (κ2) is 6.92. The number of aromatic amines is 1. The molecule has 0 fully saturated rings. The minimum Gasteiger partial charge on any atom is -0.493 e. The summed E-state index contributed by atoms with van der Waals surface area (Å²) in [7, 11) is 0. The Kier molecular flexibility index (Phi) is 4.46. The predicted octanol–water partition coefficient (Wildman–Crippen LogP) is 3.72. The van der Waals surface area contributed by atoms with Gasteiger partial charge < -0.3 is 15.0 Å². The molecule has 0 spiro atoms. The number of hydrogen-bond donors (Lipinski definition) is 2. The van der Waals surface area contributed by atoms with Gasteiger partial charge in [-0.1, -0.05) is 17.4 Å². The summed E-state index contributed by atoms with van der Waals surface area (Å²) in [5.74, 6) is 0.738. The van der Waals surface area contributed by atoms with E-state index >= 15 is 0 Å². The number of anilines is 1. The fourth-order valence-corrected chi connectivity index (χ4v) is 4.29. The molecule has 2 N–H and O–H groups in total. The summed E-state index contributed by atoms with van der Waals surface area (Å²) in [4.78, 5) is 32.7. The number of carbonyl (C=O) groups is 2.